The summed E-state index contributed by atoms with van der Waals surface area (Å²) in [4.78, 5) is 0.229. The van der Waals surface area contributed by atoms with Crippen LogP contribution in [0.3, 0.4) is 0 Å². The molecule has 0 fully saturated rings. The Balaban J connectivity index is 3.09. The number of benzene rings is 1. The van der Waals surface area contributed by atoms with Crippen LogP contribution in [0.2, 0.25) is 0 Å². The number of unbranched alkanes of at least 4 members (excludes halogenated alkanes) is 2. The predicted octanol–water partition coefficient (Wildman–Crippen LogP) is 2.56. The second-order valence-corrected chi connectivity index (χ2v) is 6.92. The van der Waals surface area contributed by atoms with Crippen molar-refractivity contribution >= 4 is 15.7 Å². The van der Waals surface area contributed by atoms with Crippen molar-refractivity contribution in [2.45, 2.75) is 51.0 Å². The van der Waals surface area contributed by atoms with Crippen LogP contribution >= 0.6 is 0 Å². The van der Waals surface area contributed by atoms with E-state index in [0.717, 1.165) is 19.3 Å². The molecule has 20 heavy (non-hydrogen) atoms. The average Bonchev–Trinajstić information content (AvgIpc) is 2.42. The fraction of sp³-hybridized carbons (Fsp3) is 0.571. The maximum Gasteiger partial charge on any atom is 0.245 e. The van der Waals surface area contributed by atoms with Gasteiger partial charge in [0.25, 0.3) is 0 Å². The Kier molecular flexibility index (Phi) is 6.45. The molecule has 0 atom stereocenters. The van der Waals surface area contributed by atoms with Crippen molar-refractivity contribution in [1.29, 1.82) is 0 Å². The summed E-state index contributed by atoms with van der Waals surface area (Å²) in [6.07, 6.45) is 2.95. The first-order valence-electron chi connectivity index (χ1n) is 7.02. The van der Waals surface area contributed by atoms with Crippen molar-refractivity contribution in [3.63, 3.8) is 0 Å². The number of sulfonamides is 1. The van der Waals surface area contributed by atoms with Crippen LogP contribution in [-0.4, -0.2) is 25.3 Å². The van der Waals surface area contributed by atoms with Gasteiger partial charge in [0.05, 0.1) is 5.69 Å². The van der Waals surface area contributed by atoms with E-state index in [9.17, 15) is 8.42 Å². The van der Waals surface area contributed by atoms with Gasteiger partial charge >= 0.3 is 0 Å². The normalized spacial score (nSPS) is 12.1. The molecule has 1 aromatic carbocycles. The van der Waals surface area contributed by atoms with Gasteiger partial charge < -0.3 is 5.43 Å². The molecular formula is C14H25N3O2S. The molecule has 0 bridgehead atoms. The molecule has 0 unspecified atom stereocenters. The minimum atomic E-state index is -3.53. The van der Waals surface area contributed by atoms with Gasteiger partial charge in [-0.3, -0.25) is 5.84 Å². The number of hydrazine groups is 1. The van der Waals surface area contributed by atoms with Gasteiger partial charge in [-0.05, 0) is 32.4 Å². The van der Waals surface area contributed by atoms with Crippen LogP contribution in [0.5, 0.6) is 0 Å². The maximum atomic E-state index is 12.8. The van der Waals surface area contributed by atoms with Crippen molar-refractivity contribution in [3.8, 4) is 0 Å². The Bertz CT molecular complexity index is 515. The number of hydrogen-bond acceptors (Lipinski definition) is 4. The SMILES string of the molecule is CCCCCN(C(C)C)S(=O)(=O)c1ccccc1NN. The summed E-state index contributed by atoms with van der Waals surface area (Å²) in [5.74, 6) is 5.41. The number of anilines is 1. The van der Waals surface area contributed by atoms with Gasteiger partial charge in [0.2, 0.25) is 10.0 Å². The number of rotatable bonds is 8. The number of para-hydroxylation sites is 1. The van der Waals surface area contributed by atoms with Crippen LogP contribution in [0, 0.1) is 0 Å². The van der Waals surface area contributed by atoms with Gasteiger partial charge in [0.15, 0.2) is 0 Å². The van der Waals surface area contributed by atoms with Crippen molar-refractivity contribution in [2.75, 3.05) is 12.0 Å². The third kappa shape index (κ3) is 3.94. The Hall–Kier alpha value is -1.11. The van der Waals surface area contributed by atoms with Crippen molar-refractivity contribution in [3.05, 3.63) is 24.3 Å². The van der Waals surface area contributed by atoms with Crippen LogP contribution in [0.4, 0.5) is 5.69 Å². The van der Waals surface area contributed by atoms with Crippen molar-refractivity contribution in [1.82, 2.24) is 4.31 Å². The van der Waals surface area contributed by atoms with E-state index in [2.05, 4.69) is 12.3 Å². The molecule has 0 saturated heterocycles. The smallest absolute Gasteiger partial charge is 0.245 e. The van der Waals surface area contributed by atoms with Crippen molar-refractivity contribution < 1.29 is 8.42 Å². The van der Waals surface area contributed by atoms with Gasteiger partial charge in [-0.1, -0.05) is 31.9 Å². The number of nitrogens with two attached hydrogens (primary N) is 1. The molecular weight excluding hydrogens is 274 g/mol. The largest absolute Gasteiger partial charge is 0.323 e. The summed E-state index contributed by atoms with van der Waals surface area (Å²) < 4.78 is 27.1. The average molecular weight is 299 g/mol. The molecule has 1 rings (SSSR count). The monoisotopic (exact) mass is 299 g/mol. The number of nitrogen functional groups attached to an aromatic ring is 1. The standard InChI is InChI=1S/C14H25N3O2S/c1-4-5-8-11-17(12(2)3)20(18,19)14-10-7-6-9-13(14)16-15/h6-7,9-10,12,16H,4-5,8,11,15H2,1-3H3. The highest BCUT2D eigenvalue weighted by Gasteiger charge is 2.28. The lowest BCUT2D eigenvalue weighted by Gasteiger charge is -2.26. The first kappa shape index (κ1) is 16.9. The second kappa shape index (κ2) is 7.61. The molecule has 3 N–H and O–H groups in total. The highest BCUT2D eigenvalue weighted by Crippen LogP contribution is 2.25. The zero-order valence-corrected chi connectivity index (χ0v) is 13.3. The van der Waals surface area contributed by atoms with E-state index in [1.165, 1.54) is 0 Å². The van der Waals surface area contributed by atoms with Crippen LogP contribution in [0.1, 0.15) is 40.0 Å². The molecule has 0 aromatic heterocycles. The summed E-state index contributed by atoms with van der Waals surface area (Å²) in [5, 5.41) is 0. The van der Waals surface area contributed by atoms with Gasteiger partial charge in [0.1, 0.15) is 4.90 Å². The van der Waals surface area contributed by atoms with E-state index >= 15 is 0 Å². The molecule has 0 aliphatic carbocycles. The molecule has 0 aliphatic heterocycles. The second-order valence-electron chi connectivity index (χ2n) is 5.06. The zero-order valence-electron chi connectivity index (χ0n) is 12.5. The molecule has 0 spiro atoms. The fourth-order valence-corrected chi connectivity index (χ4v) is 3.94. The molecule has 0 saturated carbocycles. The van der Waals surface area contributed by atoms with E-state index in [-0.39, 0.29) is 10.9 Å². The molecule has 0 aliphatic rings. The summed E-state index contributed by atoms with van der Waals surface area (Å²) >= 11 is 0. The van der Waals surface area contributed by atoms with Crippen LogP contribution in [0.25, 0.3) is 0 Å². The summed E-state index contributed by atoms with van der Waals surface area (Å²) in [7, 11) is -3.53. The number of nitrogens with one attached hydrogen (secondary N) is 1. The van der Waals surface area contributed by atoms with Crippen LogP contribution < -0.4 is 11.3 Å². The maximum absolute atomic E-state index is 12.8. The first-order chi connectivity index (χ1) is 9.45. The van der Waals surface area contributed by atoms with Gasteiger partial charge in [-0.25, -0.2) is 8.42 Å². The predicted molar refractivity (Wildman–Crippen MR) is 82.8 cm³/mol. The van der Waals surface area contributed by atoms with Gasteiger partial charge in [-0.15, -0.1) is 0 Å². The Morgan fingerprint density at radius 2 is 1.90 bits per heavy atom. The third-order valence-corrected chi connectivity index (χ3v) is 5.32. The number of nitrogens with zero attached hydrogens (tertiary/aromatic N) is 1. The lowest BCUT2D eigenvalue weighted by Crippen LogP contribution is -2.38. The highest BCUT2D eigenvalue weighted by molar-refractivity contribution is 7.89. The Morgan fingerprint density at radius 3 is 2.45 bits per heavy atom. The number of hydrogen-bond donors (Lipinski definition) is 2. The van der Waals surface area contributed by atoms with E-state index < -0.39 is 10.0 Å². The highest BCUT2D eigenvalue weighted by atomic mass is 32.2. The lowest BCUT2D eigenvalue weighted by atomic mass is 10.2. The van der Waals surface area contributed by atoms with Gasteiger partial charge in [-0.2, -0.15) is 4.31 Å². The van der Waals surface area contributed by atoms with Crippen LogP contribution in [0.15, 0.2) is 29.2 Å². The quantitative estimate of drug-likeness (QED) is 0.439. The summed E-state index contributed by atoms with van der Waals surface area (Å²) in [6, 6.07) is 6.63. The Morgan fingerprint density at radius 1 is 1.25 bits per heavy atom. The minimum absolute atomic E-state index is 0.0808. The minimum Gasteiger partial charge on any atom is -0.323 e. The molecule has 114 valence electrons. The fourth-order valence-electron chi connectivity index (χ4n) is 2.11. The molecule has 0 amide bonds. The summed E-state index contributed by atoms with van der Waals surface area (Å²) in [6.45, 7) is 6.42. The first-order valence-corrected chi connectivity index (χ1v) is 8.46. The molecule has 1 aromatic rings. The van der Waals surface area contributed by atoms with Crippen molar-refractivity contribution in [2.24, 2.45) is 5.84 Å². The molecule has 5 nitrogen and oxygen atoms in total. The zero-order chi connectivity index (χ0) is 15.2. The van der Waals surface area contributed by atoms with E-state index in [0.29, 0.717) is 12.2 Å². The third-order valence-electron chi connectivity index (χ3n) is 3.19. The molecule has 0 heterocycles. The van der Waals surface area contributed by atoms with Crippen LogP contribution in [-0.2, 0) is 10.0 Å². The topological polar surface area (TPSA) is 75.4 Å². The molecule has 0 radical (unpaired) electrons. The Labute approximate surface area is 122 Å². The van der Waals surface area contributed by atoms with E-state index in [4.69, 9.17) is 5.84 Å². The van der Waals surface area contributed by atoms with E-state index in [1.807, 2.05) is 13.8 Å². The lowest BCUT2D eigenvalue weighted by molar-refractivity contribution is 0.346. The van der Waals surface area contributed by atoms with Gasteiger partial charge in [0, 0.05) is 12.6 Å². The summed E-state index contributed by atoms with van der Waals surface area (Å²) in [5.41, 5.74) is 2.88. The molecule has 6 heteroatoms. The van der Waals surface area contributed by atoms with E-state index in [1.54, 1.807) is 28.6 Å².